The van der Waals surface area contributed by atoms with Gasteiger partial charge in [-0.15, -0.1) is 0 Å². The van der Waals surface area contributed by atoms with E-state index in [0.717, 1.165) is 0 Å². The number of aliphatic hydroxyl groups excluding tert-OH is 1. The van der Waals surface area contributed by atoms with Crippen molar-refractivity contribution in [2.45, 2.75) is 44.7 Å². The van der Waals surface area contributed by atoms with Gasteiger partial charge in [0.25, 0.3) is 15.9 Å². The van der Waals surface area contributed by atoms with E-state index in [1.54, 1.807) is 38.2 Å². The quantitative estimate of drug-likeness (QED) is 0.363. The number of ether oxygens (including phenoxy) is 1. The van der Waals surface area contributed by atoms with Crippen LogP contribution in [0.4, 0.5) is 16.2 Å². The first kappa shape index (κ1) is 29.9. The molecule has 3 N–H and O–H groups in total. The zero-order valence-electron chi connectivity index (χ0n) is 23.6. The van der Waals surface area contributed by atoms with Gasteiger partial charge >= 0.3 is 6.03 Å². The lowest BCUT2D eigenvalue weighted by Crippen LogP contribution is -2.50. The molecule has 0 unspecified atom stereocenters. The lowest BCUT2D eigenvalue weighted by Gasteiger charge is -2.38. The van der Waals surface area contributed by atoms with E-state index in [1.165, 1.54) is 29.7 Å². The highest BCUT2D eigenvalue weighted by Gasteiger charge is 2.36. The number of hydrogen-bond acceptors (Lipinski definition) is 8. The van der Waals surface area contributed by atoms with E-state index in [-0.39, 0.29) is 65.0 Å². The van der Waals surface area contributed by atoms with E-state index in [1.807, 2.05) is 25.1 Å². The van der Waals surface area contributed by atoms with E-state index in [9.17, 15) is 23.1 Å². The SMILES string of the molecule is Cc1noc(C)c1S(=O)(=O)Nc1cccc2c1O[C@@H](CN(C)C(=O)Nc1ccccc1)[C@@H](C)CN([C@@H](C)CO)C2=O. The molecule has 3 atom stereocenters. The van der Waals surface area contributed by atoms with Crippen LogP contribution >= 0.6 is 0 Å². The molecule has 220 valence electrons. The second kappa shape index (κ2) is 12.2. The van der Waals surface area contributed by atoms with E-state index >= 15 is 0 Å². The number of sulfonamides is 1. The predicted molar refractivity (Wildman–Crippen MR) is 152 cm³/mol. The molecule has 12 nitrogen and oxygen atoms in total. The van der Waals surface area contributed by atoms with Gasteiger partial charge in [-0.1, -0.05) is 36.3 Å². The summed E-state index contributed by atoms with van der Waals surface area (Å²) in [4.78, 5) is 29.6. The second-order valence-electron chi connectivity index (χ2n) is 10.2. The minimum atomic E-state index is -4.17. The van der Waals surface area contributed by atoms with Crippen LogP contribution in [-0.2, 0) is 10.0 Å². The Balaban J connectivity index is 1.71. The van der Waals surface area contributed by atoms with Crippen LogP contribution in [0.5, 0.6) is 5.75 Å². The number of carbonyl (C=O) groups excluding carboxylic acids is 2. The number of anilines is 2. The molecule has 0 fully saturated rings. The fourth-order valence-corrected chi connectivity index (χ4v) is 6.08. The van der Waals surface area contributed by atoms with E-state index in [4.69, 9.17) is 9.26 Å². The number of aromatic nitrogens is 1. The van der Waals surface area contributed by atoms with E-state index < -0.39 is 28.1 Å². The van der Waals surface area contributed by atoms with Crippen LogP contribution < -0.4 is 14.8 Å². The summed E-state index contributed by atoms with van der Waals surface area (Å²) in [6, 6.07) is 12.7. The normalized spacial score (nSPS) is 18.0. The highest BCUT2D eigenvalue weighted by atomic mass is 32.2. The van der Waals surface area contributed by atoms with E-state index in [0.29, 0.717) is 5.69 Å². The number of likely N-dealkylation sites (N-methyl/N-ethyl adjacent to an activating group) is 1. The average molecular weight is 586 g/mol. The van der Waals surface area contributed by atoms with Gasteiger partial charge < -0.3 is 29.5 Å². The largest absolute Gasteiger partial charge is 0.485 e. The predicted octanol–water partition coefficient (Wildman–Crippen LogP) is 3.48. The number of amides is 3. The number of urea groups is 1. The first-order chi connectivity index (χ1) is 19.4. The molecule has 3 aromatic rings. The van der Waals surface area contributed by atoms with E-state index in [2.05, 4.69) is 15.2 Å². The summed E-state index contributed by atoms with van der Waals surface area (Å²) in [5, 5.41) is 16.5. The van der Waals surface area contributed by atoms with Crippen LogP contribution in [0.15, 0.2) is 57.9 Å². The second-order valence-corrected chi connectivity index (χ2v) is 11.9. The maximum absolute atomic E-state index is 13.7. The summed E-state index contributed by atoms with van der Waals surface area (Å²) >= 11 is 0. The Labute approximate surface area is 239 Å². The maximum atomic E-state index is 13.7. The molecular formula is C28H35N5O7S. The molecule has 41 heavy (non-hydrogen) atoms. The zero-order chi connectivity index (χ0) is 29.9. The molecule has 3 amide bonds. The van der Waals surface area contributed by atoms with Crippen molar-refractivity contribution in [1.29, 1.82) is 0 Å². The molecule has 2 aromatic carbocycles. The van der Waals surface area contributed by atoms with Crippen molar-refractivity contribution in [1.82, 2.24) is 15.0 Å². The van der Waals surface area contributed by atoms with Gasteiger partial charge in [0.05, 0.1) is 30.4 Å². The number of fused-ring (bicyclic) bond motifs is 1. The number of hydrogen-bond donors (Lipinski definition) is 3. The summed E-state index contributed by atoms with van der Waals surface area (Å²) in [6.45, 7) is 6.71. The molecular weight excluding hydrogens is 550 g/mol. The van der Waals surface area contributed by atoms with Crippen LogP contribution in [0.1, 0.15) is 35.7 Å². The minimum Gasteiger partial charge on any atom is -0.485 e. The van der Waals surface area contributed by atoms with Gasteiger partial charge in [0.2, 0.25) is 0 Å². The van der Waals surface area contributed by atoms with Crippen LogP contribution in [-0.4, -0.2) is 79.3 Å². The Morgan fingerprint density at radius 2 is 1.90 bits per heavy atom. The Hall–Kier alpha value is -4.10. The topological polar surface area (TPSA) is 154 Å². The van der Waals surface area contributed by atoms with Crippen molar-refractivity contribution in [2.75, 3.05) is 36.8 Å². The number of carbonyl (C=O) groups is 2. The average Bonchev–Trinajstić information content (AvgIpc) is 3.29. The Morgan fingerprint density at radius 1 is 1.20 bits per heavy atom. The number of aryl methyl sites for hydroxylation is 2. The number of nitrogens with zero attached hydrogens (tertiary/aromatic N) is 3. The zero-order valence-corrected chi connectivity index (χ0v) is 24.4. The molecule has 0 spiro atoms. The van der Waals surface area contributed by atoms with Crippen molar-refractivity contribution in [2.24, 2.45) is 5.92 Å². The molecule has 0 saturated heterocycles. The summed E-state index contributed by atoms with van der Waals surface area (Å²) < 4.78 is 40.7. The lowest BCUT2D eigenvalue weighted by molar-refractivity contribution is 0.0373. The number of aliphatic hydroxyl groups is 1. The smallest absolute Gasteiger partial charge is 0.321 e. The lowest BCUT2D eigenvalue weighted by atomic mass is 9.99. The first-order valence-electron chi connectivity index (χ1n) is 13.2. The van der Waals surface area contributed by atoms with Crippen LogP contribution in [0.2, 0.25) is 0 Å². The van der Waals surface area contributed by atoms with Gasteiger partial charge in [-0.2, -0.15) is 0 Å². The Kier molecular flexibility index (Phi) is 8.88. The third-order valence-electron chi connectivity index (χ3n) is 7.00. The molecule has 0 radical (unpaired) electrons. The molecule has 1 aromatic heterocycles. The van der Waals surface area contributed by atoms with Crippen LogP contribution in [0.3, 0.4) is 0 Å². The van der Waals surface area contributed by atoms with Crippen molar-refractivity contribution in [3.05, 3.63) is 65.5 Å². The van der Waals surface area contributed by atoms with Crippen molar-refractivity contribution in [3.63, 3.8) is 0 Å². The Bertz CT molecular complexity index is 1490. The van der Waals surface area contributed by atoms with Crippen molar-refractivity contribution in [3.8, 4) is 5.75 Å². The fraction of sp³-hybridized carbons (Fsp3) is 0.393. The van der Waals surface area contributed by atoms with Gasteiger partial charge in [-0.05, 0) is 45.0 Å². The summed E-state index contributed by atoms with van der Waals surface area (Å²) in [5.41, 5.74) is 0.984. The van der Waals surface area contributed by atoms with Crippen LogP contribution in [0, 0.1) is 19.8 Å². The van der Waals surface area contributed by atoms with Crippen molar-refractivity contribution < 1.29 is 32.4 Å². The molecule has 2 heterocycles. The van der Waals surface area contributed by atoms with Gasteiger partial charge in [-0.3, -0.25) is 9.52 Å². The molecule has 1 aliphatic heterocycles. The third kappa shape index (κ3) is 6.46. The number of nitrogens with one attached hydrogen (secondary N) is 2. The summed E-state index contributed by atoms with van der Waals surface area (Å²) in [6.07, 6.45) is -0.647. The first-order valence-corrected chi connectivity index (χ1v) is 14.7. The van der Waals surface area contributed by atoms with Gasteiger partial charge in [-0.25, -0.2) is 13.2 Å². The highest BCUT2D eigenvalue weighted by Crippen LogP contribution is 2.36. The third-order valence-corrected chi connectivity index (χ3v) is 8.61. The van der Waals surface area contributed by atoms with Crippen molar-refractivity contribution >= 4 is 33.3 Å². The molecule has 0 aliphatic carbocycles. The Morgan fingerprint density at radius 3 is 2.54 bits per heavy atom. The molecule has 0 bridgehead atoms. The highest BCUT2D eigenvalue weighted by molar-refractivity contribution is 7.92. The summed E-state index contributed by atoms with van der Waals surface area (Å²) in [7, 11) is -2.54. The molecule has 0 saturated carbocycles. The number of para-hydroxylation sites is 2. The minimum absolute atomic E-state index is 0.0244. The summed E-state index contributed by atoms with van der Waals surface area (Å²) in [5.74, 6) is -0.580. The molecule has 4 rings (SSSR count). The number of rotatable bonds is 8. The maximum Gasteiger partial charge on any atom is 0.321 e. The number of benzene rings is 2. The molecule has 13 heteroatoms. The fourth-order valence-electron chi connectivity index (χ4n) is 4.69. The standard InChI is InChI=1S/C28H35N5O7S/c1-17-14-33(18(2)16-34)27(35)22-12-9-13-23(31-41(37,38)26-19(3)30-40-20(26)4)25(22)39-24(17)15-32(5)28(36)29-21-10-7-6-8-11-21/h6-13,17-18,24,31,34H,14-16H2,1-5H3,(H,29,36)/t17-,18-,24-/m0/s1. The van der Waals surface area contributed by atoms with Gasteiger partial charge in [0.1, 0.15) is 11.8 Å². The monoisotopic (exact) mass is 585 g/mol. The van der Waals surface area contributed by atoms with Gasteiger partial charge in [0.15, 0.2) is 16.4 Å². The molecule has 1 aliphatic rings. The van der Waals surface area contributed by atoms with Crippen LogP contribution in [0.25, 0.3) is 0 Å². The van der Waals surface area contributed by atoms with Gasteiger partial charge in [0, 0.05) is 25.2 Å².